The second kappa shape index (κ2) is 5.78. The molecule has 1 heterocycles. The summed E-state index contributed by atoms with van der Waals surface area (Å²) >= 11 is 7.29. The largest absolute Gasteiger partial charge is 0.356 e. The summed E-state index contributed by atoms with van der Waals surface area (Å²) in [5, 5.41) is 3.42. The number of aryl methyl sites for hydroxylation is 1. The van der Waals surface area contributed by atoms with E-state index >= 15 is 0 Å². The van der Waals surface area contributed by atoms with Gasteiger partial charge in [-0.05, 0) is 26.0 Å². The molecule has 0 saturated carbocycles. The van der Waals surface area contributed by atoms with Gasteiger partial charge in [-0.2, -0.15) is 0 Å². The molecule has 22 heavy (non-hydrogen) atoms. The zero-order valence-corrected chi connectivity index (χ0v) is 13.6. The predicted octanol–water partition coefficient (Wildman–Crippen LogP) is 5.42. The monoisotopic (exact) mass is 333 g/mol. The number of allylic oxidation sites excluding steroid dienone is 2. The molecule has 0 amide bonds. The average Bonchev–Trinajstić information content (AvgIpc) is 2.47. The number of carbonyl (C=O) groups is 1. The minimum atomic E-state index is -0.417. The van der Waals surface area contributed by atoms with Crippen LogP contribution in [-0.2, 0) is 0 Å². The summed E-state index contributed by atoms with van der Waals surface area (Å²) in [6.07, 6.45) is 0. The Morgan fingerprint density at radius 2 is 1.86 bits per heavy atom. The lowest BCUT2D eigenvalue weighted by atomic mass is 10.1. The number of halogens is 2. The van der Waals surface area contributed by atoms with Crippen molar-refractivity contribution in [3.8, 4) is 0 Å². The van der Waals surface area contributed by atoms with Crippen LogP contribution < -0.4 is 5.32 Å². The van der Waals surface area contributed by atoms with Crippen molar-refractivity contribution in [2.75, 3.05) is 5.32 Å². The molecule has 0 radical (unpaired) electrons. The number of hydrogen-bond acceptors (Lipinski definition) is 3. The Bertz CT molecular complexity index is 799. The third kappa shape index (κ3) is 2.76. The Labute approximate surface area is 137 Å². The van der Waals surface area contributed by atoms with Gasteiger partial charge in [-0.3, -0.25) is 4.79 Å². The van der Waals surface area contributed by atoms with Gasteiger partial charge in [-0.25, -0.2) is 4.39 Å². The molecular formula is C17H13ClFNOS. The van der Waals surface area contributed by atoms with Gasteiger partial charge in [0, 0.05) is 16.2 Å². The van der Waals surface area contributed by atoms with Crippen LogP contribution in [0.2, 0.25) is 5.02 Å². The minimum Gasteiger partial charge on any atom is -0.356 e. The van der Waals surface area contributed by atoms with Gasteiger partial charge >= 0.3 is 0 Å². The summed E-state index contributed by atoms with van der Waals surface area (Å²) in [5.74, 6) is -0.499. The SMILES string of the molecule is CC1=C(C(=O)c2ccc(C)cc2)Sc2cc(F)cc(Cl)c2N1. The molecule has 5 heteroatoms. The van der Waals surface area contributed by atoms with Crippen LogP contribution in [0.1, 0.15) is 22.8 Å². The highest BCUT2D eigenvalue weighted by atomic mass is 35.5. The Hall–Kier alpha value is -1.78. The Morgan fingerprint density at radius 3 is 2.55 bits per heavy atom. The van der Waals surface area contributed by atoms with E-state index in [1.807, 2.05) is 26.0 Å². The second-order valence-electron chi connectivity index (χ2n) is 5.14. The number of ketones is 1. The summed E-state index contributed by atoms with van der Waals surface area (Å²) in [6.45, 7) is 3.79. The average molecular weight is 334 g/mol. The van der Waals surface area contributed by atoms with Gasteiger partial charge in [0.05, 0.1) is 15.6 Å². The van der Waals surface area contributed by atoms with Crippen molar-refractivity contribution in [3.05, 3.63) is 69.0 Å². The first-order valence-corrected chi connectivity index (χ1v) is 7.91. The van der Waals surface area contributed by atoms with Gasteiger partial charge in [0.15, 0.2) is 0 Å². The fourth-order valence-corrected chi connectivity index (χ4v) is 3.61. The minimum absolute atomic E-state index is 0.0824. The van der Waals surface area contributed by atoms with Crippen molar-refractivity contribution in [2.24, 2.45) is 0 Å². The van der Waals surface area contributed by atoms with Crippen LogP contribution in [0.25, 0.3) is 0 Å². The topological polar surface area (TPSA) is 29.1 Å². The number of anilines is 1. The molecule has 0 fully saturated rings. The number of thioether (sulfide) groups is 1. The van der Waals surface area contributed by atoms with Crippen molar-refractivity contribution in [1.29, 1.82) is 0 Å². The molecule has 3 rings (SSSR count). The van der Waals surface area contributed by atoms with E-state index in [2.05, 4.69) is 5.32 Å². The highest BCUT2D eigenvalue weighted by Gasteiger charge is 2.24. The van der Waals surface area contributed by atoms with E-state index in [0.29, 0.717) is 26.1 Å². The normalized spacial score (nSPS) is 13.6. The van der Waals surface area contributed by atoms with E-state index in [4.69, 9.17) is 11.6 Å². The molecule has 0 aliphatic carbocycles. The second-order valence-corrected chi connectivity index (χ2v) is 6.60. The first-order chi connectivity index (χ1) is 10.5. The quantitative estimate of drug-likeness (QED) is 0.744. The molecule has 0 atom stereocenters. The summed E-state index contributed by atoms with van der Waals surface area (Å²) in [6, 6.07) is 10.0. The lowest BCUT2D eigenvalue weighted by Crippen LogP contribution is -2.12. The number of benzene rings is 2. The van der Waals surface area contributed by atoms with Crippen LogP contribution in [-0.4, -0.2) is 5.78 Å². The number of Topliss-reactive ketones (excluding diaryl/α,β-unsaturated/α-hetero) is 1. The first-order valence-electron chi connectivity index (χ1n) is 6.72. The predicted molar refractivity (Wildman–Crippen MR) is 89.1 cm³/mol. The fourth-order valence-electron chi connectivity index (χ4n) is 2.24. The van der Waals surface area contributed by atoms with Crippen molar-refractivity contribution in [3.63, 3.8) is 0 Å². The zero-order valence-electron chi connectivity index (χ0n) is 12.0. The maximum atomic E-state index is 13.5. The zero-order chi connectivity index (χ0) is 15.9. The number of hydrogen-bond donors (Lipinski definition) is 1. The Kier molecular flexibility index (Phi) is 3.98. The van der Waals surface area contributed by atoms with E-state index in [1.54, 1.807) is 12.1 Å². The van der Waals surface area contributed by atoms with Gasteiger partial charge in [-0.15, -0.1) is 0 Å². The smallest absolute Gasteiger partial charge is 0.201 e. The Balaban J connectivity index is 1.98. The van der Waals surface area contributed by atoms with E-state index in [0.717, 1.165) is 11.3 Å². The molecule has 2 aromatic rings. The number of fused-ring (bicyclic) bond motifs is 1. The van der Waals surface area contributed by atoms with Crippen LogP contribution >= 0.6 is 23.4 Å². The summed E-state index contributed by atoms with van der Waals surface area (Å²) in [7, 11) is 0. The van der Waals surface area contributed by atoms with Crippen molar-refractivity contribution < 1.29 is 9.18 Å². The summed E-state index contributed by atoms with van der Waals surface area (Å²) in [5.41, 5.74) is 3.07. The molecule has 2 nitrogen and oxygen atoms in total. The summed E-state index contributed by atoms with van der Waals surface area (Å²) in [4.78, 5) is 13.8. The number of nitrogens with one attached hydrogen (secondary N) is 1. The van der Waals surface area contributed by atoms with Crippen molar-refractivity contribution in [1.82, 2.24) is 0 Å². The van der Waals surface area contributed by atoms with Crippen LogP contribution in [0.4, 0.5) is 10.1 Å². The van der Waals surface area contributed by atoms with Gasteiger partial charge in [0.1, 0.15) is 5.82 Å². The number of carbonyl (C=O) groups excluding carboxylic acids is 1. The van der Waals surface area contributed by atoms with Crippen LogP contribution in [0, 0.1) is 12.7 Å². The van der Waals surface area contributed by atoms with Crippen LogP contribution in [0.15, 0.2) is 51.9 Å². The van der Waals surface area contributed by atoms with E-state index in [-0.39, 0.29) is 5.78 Å². The highest BCUT2D eigenvalue weighted by molar-refractivity contribution is 8.04. The molecule has 1 aliphatic heterocycles. The third-order valence-electron chi connectivity index (χ3n) is 3.40. The standard InChI is InChI=1S/C17H13ClFNOS/c1-9-3-5-11(6-4-9)16(21)17-10(2)20-15-13(18)7-12(19)8-14(15)22-17/h3-8,20H,1-2H3. The first kappa shape index (κ1) is 15.1. The molecule has 112 valence electrons. The van der Waals surface area contributed by atoms with Crippen molar-refractivity contribution in [2.45, 2.75) is 18.7 Å². The van der Waals surface area contributed by atoms with E-state index in [9.17, 15) is 9.18 Å². The maximum Gasteiger partial charge on any atom is 0.201 e. The lowest BCUT2D eigenvalue weighted by Gasteiger charge is -2.22. The molecule has 0 spiro atoms. The van der Waals surface area contributed by atoms with E-state index in [1.165, 1.54) is 23.9 Å². The van der Waals surface area contributed by atoms with Crippen molar-refractivity contribution >= 4 is 34.8 Å². The molecule has 0 saturated heterocycles. The Morgan fingerprint density at radius 1 is 1.18 bits per heavy atom. The fraction of sp³-hybridized carbons (Fsp3) is 0.118. The van der Waals surface area contributed by atoms with E-state index < -0.39 is 5.82 Å². The molecule has 2 aromatic carbocycles. The van der Waals surface area contributed by atoms with Gasteiger partial charge in [0.25, 0.3) is 0 Å². The van der Waals surface area contributed by atoms with Crippen LogP contribution in [0.5, 0.6) is 0 Å². The summed E-state index contributed by atoms with van der Waals surface area (Å²) < 4.78 is 13.5. The number of rotatable bonds is 2. The lowest BCUT2D eigenvalue weighted by molar-refractivity contribution is 0.104. The molecule has 1 N–H and O–H groups in total. The van der Waals surface area contributed by atoms with Gasteiger partial charge < -0.3 is 5.32 Å². The van der Waals surface area contributed by atoms with Gasteiger partial charge in [0.2, 0.25) is 5.78 Å². The molecule has 1 aliphatic rings. The highest BCUT2D eigenvalue weighted by Crippen LogP contribution is 2.44. The maximum absolute atomic E-state index is 13.5. The molecule has 0 aromatic heterocycles. The van der Waals surface area contributed by atoms with Crippen LogP contribution in [0.3, 0.4) is 0 Å². The molecular weight excluding hydrogens is 321 g/mol. The van der Waals surface area contributed by atoms with Gasteiger partial charge in [-0.1, -0.05) is 53.2 Å². The third-order valence-corrected chi connectivity index (χ3v) is 4.94. The molecule has 0 unspecified atom stereocenters. The molecule has 0 bridgehead atoms.